The van der Waals surface area contributed by atoms with E-state index in [-0.39, 0.29) is 10.8 Å². The van der Waals surface area contributed by atoms with E-state index in [9.17, 15) is 18.0 Å². The lowest BCUT2D eigenvalue weighted by molar-refractivity contribution is -0.154. The Bertz CT molecular complexity index is 800. The average molecular weight is 412 g/mol. The number of benzene rings is 1. The summed E-state index contributed by atoms with van der Waals surface area (Å²) in [6.45, 7) is 1.90. The largest absolute Gasteiger partial charge is 0.455 e. The average Bonchev–Trinajstić information content (AvgIpc) is 2.73. The molecule has 2 aliphatic heterocycles. The lowest BCUT2D eigenvalue weighted by Crippen LogP contribution is -2.40. The SMILES string of the molecule is O=C(COC(=O)C1CCOCC1)Nc1cccc(S(=O)(=O)N2CCOCC2)c1. The van der Waals surface area contributed by atoms with Crippen molar-refractivity contribution in [2.45, 2.75) is 17.7 Å². The van der Waals surface area contributed by atoms with E-state index < -0.39 is 28.5 Å². The van der Waals surface area contributed by atoms with Gasteiger partial charge in [0.15, 0.2) is 6.61 Å². The number of amides is 1. The van der Waals surface area contributed by atoms with Crippen molar-refractivity contribution in [3.63, 3.8) is 0 Å². The zero-order chi connectivity index (χ0) is 20.0. The molecular formula is C18H24N2O7S. The third-order valence-electron chi connectivity index (χ3n) is 4.63. The molecule has 2 aliphatic rings. The molecule has 0 spiro atoms. The molecule has 0 aromatic heterocycles. The summed E-state index contributed by atoms with van der Waals surface area (Å²) >= 11 is 0. The normalized spacial score (nSPS) is 19.1. The maximum atomic E-state index is 12.7. The second-order valence-electron chi connectivity index (χ2n) is 6.59. The highest BCUT2D eigenvalue weighted by molar-refractivity contribution is 7.89. The van der Waals surface area contributed by atoms with Crippen LogP contribution in [0.4, 0.5) is 5.69 Å². The number of ether oxygens (including phenoxy) is 3. The van der Waals surface area contributed by atoms with Gasteiger partial charge in [0.05, 0.1) is 24.0 Å². The molecule has 0 bridgehead atoms. The number of anilines is 1. The molecule has 0 unspecified atom stereocenters. The standard InChI is InChI=1S/C18H24N2O7S/c21-17(13-27-18(22)14-4-8-25-9-5-14)19-15-2-1-3-16(12-15)28(23,24)20-6-10-26-11-7-20/h1-3,12,14H,4-11,13H2,(H,19,21). The van der Waals surface area contributed by atoms with Crippen LogP contribution in [0.25, 0.3) is 0 Å². The number of hydrogen-bond donors (Lipinski definition) is 1. The highest BCUT2D eigenvalue weighted by Gasteiger charge is 2.27. The van der Waals surface area contributed by atoms with Gasteiger partial charge in [0.1, 0.15) is 0 Å². The summed E-state index contributed by atoms with van der Waals surface area (Å²) in [5.74, 6) is -1.19. The monoisotopic (exact) mass is 412 g/mol. The van der Waals surface area contributed by atoms with Crippen LogP contribution in [-0.2, 0) is 33.8 Å². The minimum Gasteiger partial charge on any atom is -0.455 e. The summed E-state index contributed by atoms with van der Waals surface area (Å²) in [4.78, 5) is 24.1. The lowest BCUT2D eigenvalue weighted by Gasteiger charge is -2.26. The Morgan fingerprint density at radius 3 is 2.50 bits per heavy atom. The van der Waals surface area contributed by atoms with Gasteiger partial charge in [0, 0.05) is 32.0 Å². The topological polar surface area (TPSA) is 111 Å². The molecule has 1 amide bonds. The minimum atomic E-state index is -3.66. The molecule has 1 N–H and O–H groups in total. The molecule has 1 aromatic rings. The zero-order valence-corrected chi connectivity index (χ0v) is 16.3. The predicted molar refractivity (Wildman–Crippen MR) is 99.2 cm³/mol. The van der Waals surface area contributed by atoms with E-state index in [1.54, 1.807) is 12.1 Å². The predicted octanol–water partition coefficient (Wildman–Crippen LogP) is 0.616. The van der Waals surface area contributed by atoms with Crippen molar-refractivity contribution in [3.05, 3.63) is 24.3 Å². The van der Waals surface area contributed by atoms with Gasteiger partial charge in [-0.25, -0.2) is 8.42 Å². The van der Waals surface area contributed by atoms with Gasteiger partial charge in [-0.2, -0.15) is 4.31 Å². The molecule has 2 fully saturated rings. The molecule has 2 saturated heterocycles. The molecule has 9 nitrogen and oxygen atoms in total. The number of sulfonamides is 1. The van der Waals surface area contributed by atoms with Crippen LogP contribution in [-0.4, -0.2) is 70.7 Å². The van der Waals surface area contributed by atoms with Gasteiger partial charge in [0.2, 0.25) is 10.0 Å². The number of hydrogen-bond acceptors (Lipinski definition) is 7. The van der Waals surface area contributed by atoms with Crippen LogP contribution in [0.15, 0.2) is 29.2 Å². The Hall–Kier alpha value is -2.01. The third kappa shape index (κ3) is 5.28. The molecule has 3 rings (SSSR count). The van der Waals surface area contributed by atoms with Crippen LogP contribution in [0.5, 0.6) is 0 Å². The number of rotatable bonds is 6. The van der Waals surface area contributed by atoms with Gasteiger partial charge in [-0.1, -0.05) is 6.07 Å². The van der Waals surface area contributed by atoms with E-state index in [0.29, 0.717) is 58.0 Å². The summed E-state index contributed by atoms with van der Waals surface area (Å²) < 4.78 is 42.2. The molecule has 1 aromatic carbocycles. The first-order valence-corrected chi connectivity index (χ1v) is 10.6. The van der Waals surface area contributed by atoms with E-state index in [0.717, 1.165) is 0 Å². The van der Waals surface area contributed by atoms with Gasteiger partial charge in [-0.3, -0.25) is 9.59 Å². The zero-order valence-electron chi connectivity index (χ0n) is 15.5. The van der Waals surface area contributed by atoms with Crippen molar-refractivity contribution in [1.82, 2.24) is 4.31 Å². The fourth-order valence-corrected chi connectivity index (χ4v) is 4.51. The summed E-state index contributed by atoms with van der Waals surface area (Å²) in [6.07, 6.45) is 1.17. The van der Waals surface area contributed by atoms with Crippen molar-refractivity contribution in [2.75, 3.05) is 51.4 Å². The van der Waals surface area contributed by atoms with Gasteiger partial charge in [-0.15, -0.1) is 0 Å². The summed E-state index contributed by atoms with van der Waals surface area (Å²) in [5.41, 5.74) is 0.321. The second-order valence-corrected chi connectivity index (χ2v) is 8.52. The van der Waals surface area contributed by atoms with E-state index in [1.807, 2.05) is 0 Å². The summed E-state index contributed by atoms with van der Waals surface area (Å²) in [5, 5.41) is 2.57. The molecule has 154 valence electrons. The van der Waals surface area contributed by atoms with Gasteiger partial charge in [0.25, 0.3) is 5.91 Å². The maximum Gasteiger partial charge on any atom is 0.309 e. The van der Waals surface area contributed by atoms with E-state index in [1.165, 1.54) is 16.4 Å². The van der Waals surface area contributed by atoms with Crippen LogP contribution in [0.2, 0.25) is 0 Å². The number of esters is 1. The third-order valence-corrected chi connectivity index (χ3v) is 6.52. The molecule has 0 atom stereocenters. The first-order valence-electron chi connectivity index (χ1n) is 9.19. The first-order chi connectivity index (χ1) is 13.5. The van der Waals surface area contributed by atoms with Crippen LogP contribution in [0.1, 0.15) is 12.8 Å². The number of carbonyl (C=O) groups excluding carboxylic acids is 2. The Morgan fingerprint density at radius 2 is 1.79 bits per heavy atom. The quantitative estimate of drug-likeness (QED) is 0.682. The number of nitrogens with zero attached hydrogens (tertiary/aromatic N) is 1. The molecule has 0 aliphatic carbocycles. The van der Waals surface area contributed by atoms with Gasteiger partial charge < -0.3 is 19.5 Å². The molecule has 0 saturated carbocycles. The van der Waals surface area contributed by atoms with Crippen molar-refractivity contribution >= 4 is 27.6 Å². The van der Waals surface area contributed by atoms with Crippen molar-refractivity contribution < 1.29 is 32.2 Å². The van der Waals surface area contributed by atoms with Crippen molar-refractivity contribution in [2.24, 2.45) is 5.92 Å². The molecule has 0 radical (unpaired) electrons. The Labute approximate surface area is 164 Å². The van der Waals surface area contributed by atoms with Crippen LogP contribution < -0.4 is 5.32 Å². The second kappa shape index (κ2) is 9.46. The number of carbonyl (C=O) groups is 2. The molecule has 2 heterocycles. The van der Waals surface area contributed by atoms with Gasteiger partial charge in [-0.05, 0) is 31.0 Å². The smallest absolute Gasteiger partial charge is 0.309 e. The van der Waals surface area contributed by atoms with Crippen LogP contribution >= 0.6 is 0 Å². The first kappa shape index (κ1) is 20.7. The Morgan fingerprint density at radius 1 is 1.11 bits per heavy atom. The van der Waals surface area contributed by atoms with Crippen molar-refractivity contribution in [1.29, 1.82) is 0 Å². The minimum absolute atomic E-state index is 0.0893. The van der Waals surface area contributed by atoms with E-state index >= 15 is 0 Å². The van der Waals surface area contributed by atoms with Crippen LogP contribution in [0, 0.1) is 5.92 Å². The summed E-state index contributed by atoms with van der Waals surface area (Å²) in [7, 11) is -3.66. The van der Waals surface area contributed by atoms with E-state index in [2.05, 4.69) is 5.32 Å². The lowest BCUT2D eigenvalue weighted by atomic mass is 10.0. The molecular weight excluding hydrogens is 388 g/mol. The fraction of sp³-hybridized carbons (Fsp3) is 0.556. The Balaban J connectivity index is 1.56. The van der Waals surface area contributed by atoms with Crippen LogP contribution in [0.3, 0.4) is 0 Å². The number of nitrogens with one attached hydrogen (secondary N) is 1. The summed E-state index contributed by atoms with van der Waals surface area (Å²) in [6, 6.07) is 6.00. The van der Waals surface area contributed by atoms with Crippen molar-refractivity contribution in [3.8, 4) is 0 Å². The van der Waals surface area contributed by atoms with Gasteiger partial charge >= 0.3 is 5.97 Å². The Kier molecular flexibility index (Phi) is 7.00. The highest BCUT2D eigenvalue weighted by Crippen LogP contribution is 2.21. The highest BCUT2D eigenvalue weighted by atomic mass is 32.2. The maximum absolute atomic E-state index is 12.7. The molecule has 28 heavy (non-hydrogen) atoms. The fourth-order valence-electron chi connectivity index (χ4n) is 3.06. The van der Waals surface area contributed by atoms with E-state index in [4.69, 9.17) is 14.2 Å². The molecule has 10 heteroatoms. The number of morpholine rings is 1.